The summed E-state index contributed by atoms with van der Waals surface area (Å²) in [6.45, 7) is 0.492. The van der Waals surface area contributed by atoms with Crippen LogP contribution in [0.2, 0.25) is 0 Å². The molecule has 0 radical (unpaired) electrons. The van der Waals surface area contributed by atoms with Gasteiger partial charge in [0, 0.05) is 0 Å². The van der Waals surface area contributed by atoms with Gasteiger partial charge in [-0.25, -0.2) is 0 Å². The predicted octanol–water partition coefficient (Wildman–Crippen LogP) is -0.830. The molecular weight excluding hydrogens is 96.0 g/mol. The summed E-state index contributed by atoms with van der Waals surface area (Å²) < 4.78 is 4.58. The minimum absolute atomic E-state index is 0.00778. The van der Waals surface area contributed by atoms with Crippen LogP contribution in [0.1, 0.15) is 0 Å². The van der Waals surface area contributed by atoms with Crippen LogP contribution in [0.25, 0.3) is 0 Å². The first kappa shape index (κ1) is 6.59. The minimum Gasteiger partial charge on any atom is -0.394 e. The van der Waals surface area contributed by atoms with Gasteiger partial charge < -0.3 is 9.84 Å². The van der Waals surface area contributed by atoms with Gasteiger partial charge in [0.15, 0.2) is 6.61 Å². The molecule has 42 valence electrons. The average Bonchev–Trinajstić information content (AvgIpc) is 1.69. The van der Waals surface area contributed by atoms with Crippen molar-refractivity contribution in [3.05, 3.63) is 0 Å². The lowest BCUT2D eigenvalue weighted by molar-refractivity contribution is 0.118. The van der Waals surface area contributed by atoms with E-state index in [0.717, 1.165) is 6.29 Å². The predicted molar refractivity (Wildman–Crippen MR) is 25.9 cm³/mol. The second-order valence-corrected chi connectivity index (χ2v) is 0.981. The lowest BCUT2D eigenvalue weighted by atomic mass is 10.7. The summed E-state index contributed by atoms with van der Waals surface area (Å²) in [5, 5.41) is 8.07. The molecule has 0 unspecified atom stereocenters. The van der Waals surface area contributed by atoms with Crippen molar-refractivity contribution < 1.29 is 14.6 Å². The van der Waals surface area contributed by atoms with E-state index in [1.54, 1.807) is 0 Å². The van der Waals surface area contributed by atoms with Crippen molar-refractivity contribution in [1.29, 1.82) is 0 Å². The molecule has 0 saturated heterocycles. The maximum Gasteiger partial charge on any atom is 0.307 e. The molecule has 0 aromatic carbocycles. The van der Waals surface area contributed by atoms with Crippen LogP contribution in [-0.4, -0.2) is 36.0 Å². The Morgan fingerprint density at radius 3 is 2.86 bits per heavy atom. The van der Waals surface area contributed by atoms with E-state index in [-0.39, 0.29) is 19.8 Å². The Labute approximate surface area is 41.9 Å². The summed E-state index contributed by atoms with van der Waals surface area (Å²) in [7, 11) is 0. The first-order chi connectivity index (χ1) is 3.41. The Morgan fingerprint density at radius 1 is 1.71 bits per heavy atom. The summed E-state index contributed by atoms with van der Waals surface area (Å²) in [5.41, 5.74) is 0. The summed E-state index contributed by atoms with van der Waals surface area (Å²) in [4.78, 5) is 7.96. The number of hydrogen-bond acceptors (Lipinski definition) is 2. The molecule has 0 fully saturated rings. The van der Waals surface area contributed by atoms with E-state index in [0.29, 0.717) is 0 Å². The highest BCUT2D eigenvalue weighted by Crippen LogP contribution is 1.65. The van der Waals surface area contributed by atoms with E-state index in [9.17, 15) is 0 Å². The molecule has 0 aromatic rings. The first-order valence-corrected chi connectivity index (χ1v) is 2.06. The number of rotatable bonds is 4. The van der Waals surface area contributed by atoms with Gasteiger partial charge in [0.2, 0.25) is 0 Å². The monoisotopic (exact) mass is 105 g/mol. The number of hydrogen-bond donors (Lipinski definition) is 1. The summed E-state index contributed by atoms with van der Waals surface area (Å²) >= 11 is 0. The van der Waals surface area contributed by atoms with E-state index in [4.69, 9.17) is 9.90 Å². The van der Waals surface area contributed by atoms with Gasteiger partial charge in [-0.1, -0.05) is 0 Å². The number of aliphatic hydroxyl groups excluding tert-OH is 1. The van der Waals surface area contributed by atoms with Crippen LogP contribution in [0.4, 0.5) is 0 Å². The number of aliphatic hydroxyl groups is 1. The quantitative estimate of drug-likeness (QED) is 0.288. The SMILES string of the molecule is OCCOCC=[OH+]. The van der Waals surface area contributed by atoms with Gasteiger partial charge in [-0.05, 0) is 0 Å². The molecule has 0 saturated carbocycles. The Hall–Kier alpha value is -0.410. The van der Waals surface area contributed by atoms with Crippen molar-refractivity contribution in [3.8, 4) is 0 Å². The third-order valence-electron chi connectivity index (χ3n) is 0.428. The van der Waals surface area contributed by atoms with Gasteiger partial charge in [0.25, 0.3) is 0 Å². The lowest BCUT2D eigenvalue weighted by Crippen LogP contribution is -2.00. The van der Waals surface area contributed by atoms with E-state index >= 15 is 0 Å². The van der Waals surface area contributed by atoms with Crippen molar-refractivity contribution in [2.24, 2.45) is 0 Å². The third-order valence-corrected chi connectivity index (χ3v) is 0.428. The fourth-order valence-corrected chi connectivity index (χ4v) is 0.201. The molecule has 7 heavy (non-hydrogen) atoms. The van der Waals surface area contributed by atoms with E-state index < -0.39 is 0 Å². The van der Waals surface area contributed by atoms with Crippen LogP contribution in [0.15, 0.2) is 0 Å². The van der Waals surface area contributed by atoms with Gasteiger partial charge in [-0.15, -0.1) is 0 Å². The van der Waals surface area contributed by atoms with Crippen LogP contribution in [0.5, 0.6) is 0 Å². The molecule has 0 aliphatic carbocycles. The average molecular weight is 105 g/mol. The summed E-state index contributed by atoms with van der Waals surface area (Å²) in [6.07, 6.45) is 0.898. The third kappa shape index (κ3) is 5.59. The van der Waals surface area contributed by atoms with Crippen LogP contribution in [0.3, 0.4) is 0 Å². The van der Waals surface area contributed by atoms with Gasteiger partial charge in [0.05, 0.1) is 13.2 Å². The van der Waals surface area contributed by atoms with E-state index in [2.05, 4.69) is 4.74 Å². The van der Waals surface area contributed by atoms with Gasteiger partial charge in [-0.2, -0.15) is 0 Å². The standard InChI is InChI=1S/C4H8O3/c5-1-3-7-4-2-6/h1,6H,2-4H2/p+1. The van der Waals surface area contributed by atoms with Gasteiger partial charge >= 0.3 is 6.29 Å². The maximum absolute atomic E-state index is 8.07. The van der Waals surface area contributed by atoms with Crippen molar-refractivity contribution in [2.45, 2.75) is 0 Å². The molecule has 0 aromatic heterocycles. The van der Waals surface area contributed by atoms with Crippen LogP contribution in [0, 0.1) is 0 Å². The summed E-state index contributed by atoms with van der Waals surface area (Å²) in [5.74, 6) is 0. The van der Waals surface area contributed by atoms with Crippen LogP contribution >= 0.6 is 0 Å². The number of aldehydes is 1. The molecule has 0 rings (SSSR count). The zero-order valence-electron chi connectivity index (χ0n) is 4.00. The fourth-order valence-electron chi connectivity index (χ4n) is 0.201. The van der Waals surface area contributed by atoms with Crippen molar-refractivity contribution in [1.82, 2.24) is 0 Å². The molecule has 2 N–H and O–H groups in total. The molecule has 3 heteroatoms. The van der Waals surface area contributed by atoms with Gasteiger partial charge in [-0.3, -0.25) is 4.79 Å². The Bertz CT molecular complexity index is 44.2. The molecule has 0 aliphatic heterocycles. The highest BCUT2D eigenvalue weighted by molar-refractivity contribution is 5.51. The normalized spacial score (nSPS) is 8.71. The zero-order valence-corrected chi connectivity index (χ0v) is 4.00. The first-order valence-electron chi connectivity index (χ1n) is 2.06. The highest BCUT2D eigenvalue weighted by Gasteiger charge is 1.82. The molecule has 3 nitrogen and oxygen atoms in total. The van der Waals surface area contributed by atoms with Crippen molar-refractivity contribution >= 4 is 6.29 Å². The lowest BCUT2D eigenvalue weighted by Gasteiger charge is -1.88. The largest absolute Gasteiger partial charge is 0.394 e. The minimum atomic E-state index is 0.00778. The molecular formula is C4H9O3+. The maximum atomic E-state index is 8.07. The van der Waals surface area contributed by atoms with Crippen molar-refractivity contribution in [2.75, 3.05) is 19.8 Å². The molecule has 0 bridgehead atoms. The zero-order chi connectivity index (χ0) is 5.54. The Kier molecular flexibility index (Phi) is 5.26. The van der Waals surface area contributed by atoms with Crippen molar-refractivity contribution in [3.63, 3.8) is 0 Å². The molecule has 0 heterocycles. The number of carbonyl (C=O) groups excluding carboxylic acids is 1. The Balaban J connectivity index is 2.56. The smallest absolute Gasteiger partial charge is 0.307 e. The number of ether oxygens (including phenoxy) is 1. The topological polar surface area (TPSA) is 50.9 Å². The molecule has 0 aliphatic rings. The van der Waals surface area contributed by atoms with E-state index in [1.807, 2.05) is 0 Å². The second-order valence-electron chi connectivity index (χ2n) is 0.981. The Morgan fingerprint density at radius 2 is 2.43 bits per heavy atom. The fraction of sp³-hybridized carbons (Fsp3) is 0.750. The van der Waals surface area contributed by atoms with Gasteiger partial charge in [0.1, 0.15) is 0 Å². The van der Waals surface area contributed by atoms with Crippen LogP contribution < -0.4 is 0 Å². The summed E-state index contributed by atoms with van der Waals surface area (Å²) in [6, 6.07) is 0. The highest BCUT2D eigenvalue weighted by atomic mass is 16.5. The van der Waals surface area contributed by atoms with Crippen LogP contribution in [-0.2, 0) is 4.74 Å². The molecule has 0 amide bonds. The van der Waals surface area contributed by atoms with E-state index in [1.165, 1.54) is 0 Å². The molecule has 0 atom stereocenters. The second kappa shape index (κ2) is 5.59. The molecule has 0 spiro atoms.